The van der Waals surface area contributed by atoms with Crippen molar-refractivity contribution in [1.82, 2.24) is 29.7 Å². The highest BCUT2D eigenvalue weighted by Crippen LogP contribution is 2.16. The molecule has 9 heteroatoms. The molecule has 0 amide bonds. The van der Waals surface area contributed by atoms with Crippen molar-refractivity contribution in [2.75, 3.05) is 11.9 Å². The van der Waals surface area contributed by atoms with Crippen LogP contribution in [0.25, 0.3) is 11.4 Å². The van der Waals surface area contributed by atoms with Crippen LogP contribution >= 0.6 is 0 Å². The number of nitrogens with zero attached hydrogens (tertiary/aromatic N) is 6. The number of carboxylic acid groups (broad SMARTS) is 1. The third-order valence-corrected chi connectivity index (χ3v) is 3.72. The van der Waals surface area contributed by atoms with E-state index < -0.39 is 5.97 Å². The average Bonchev–Trinajstić information content (AvgIpc) is 2.96. The van der Waals surface area contributed by atoms with E-state index >= 15 is 0 Å². The first-order valence-electron chi connectivity index (χ1n) is 8.17. The number of carbonyl (C=O) groups is 1. The molecule has 0 atom stereocenters. The Labute approximate surface area is 150 Å². The Balaban J connectivity index is 1.61. The minimum absolute atomic E-state index is 0.168. The molecular weight excluding hydrogens is 334 g/mol. The zero-order valence-corrected chi connectivity index (χ0v) is 14.5. The summed E-state index contributed by atoms with van der Waals surface area (Å²) in [6.45, 7) is 5.22. The van der Waals surface area contributed by atoms with Crippen molar-refractivity contribution in [3.63, 3.8) is 0 Å². The maximum Gasteiger partial charge on any atom is 0.335 e. The van der Waals surface area contributed by atoms with E-state index in [-0.39, 0.29) is 5.56 Å². The number of pyridine rings is 1. The van der Waals surface area contributed by atoms with Gasteiger partial charge in [0, 0.05) is 25.5 Å². The van der Waals surface area contributed by atoms with Gasteiger partial charge in [-0.25, -0.2) is 19.7 Å². The highest BCUT2D eigenvalue weighted by Gasteiger charge is 2.08. The van der Waals surface area contributed by atoms with Crippen molar-refractivity contribution in [3.8, 4) is 11.4 Å². The summed E-state index contributed by atoms with van der Waals surface area (Å²) >= 11 is 0. The van der Waals surface area contributed by atoms with E-state index in [1.807, 2.05) is 18.5 Å². The molecule has 0 saturated heterocycles. The summed E-state index contributed by atoms with van der Waals surface area (Å²) in [5.41, 5.74) is 1.22. The molecule has 134 valence electrons. The molecule has 0 radical (unpaired) electrons. The molecule has 0 aliphatic heterocycles. The molecule has 0 aromatic carbocycles. The average molecular weight is 353 g/mol. The number of hydrogen-bond acceptors (Lipinski definition) is 7. The number of aryl methyl sites for hydroxylation is 3. The Morgan fingerprint density at radius 1 is 1.15 bits per heavy atom. The summed E-state index contributed by atoms with van der Waals surface area (Å²) in [6.07, 6.45) is 3.91. The minimum Gasteiger partial charge on any atom is -0.478 e. The molecule has 26 heavy (non-hydrogen) atoms. The van der Waals surface area contributed by atoms with Crippen molar-refractivity contribution in [2.45, 2.75) is 26.8 Å². The third-order valence-electron chi connectivity index (χ3n) is 3.72. The summed E-state index contributed by atoms with van der Waals surface area (Å²) < 4.78 is 1.87. The SMILES string of the molecule is Cc1nc(C)n(CCCNc2nccc(-c3cc(C(=O)O)ccn3)n2)n1. The van der Waals surface area contributed by atoms with Crippen LogP contribution in [0.15, 0.2) is 30.6 Å². The summed E-state index contributed by atoms with van der Waals surface area (Å²) in [6, 6.07) is 4.63. The van der Waals surface area contributed by atoms with Gasteiger partial charge in [-0.2, -0.15) is 5.10 Å². The maximum atomic E-state index is 11.1. The second kappa shape index (κ2) is 7.68. The van der Waals surface area contributed by atoms with Crippen molar-refractivity contribution in [2.24, 2.45) is 0 Å². The Morgan fingerprint density at radius 3 is 2.69 bits per heavy atom. The van der Waals surface area contributed by atoms with Gasteiger partial charge in [0.15, 0.2) is 0 Å². The van der Waals surface area contributed by atoms with Crippen LogP contribution in [0.3, 0.4) is 0 Å². The fourth-order valence-electron chi connectivity index (χ4n) is 2.49. The first-order valence-corrected chi connectivity index (χ1v) is 8.17. The van der Waals surface area contributed by atoms with Crippen LogP contribution in [0.5, 0.6) is 0 Å². The molecule has 3 aromatic rings. The van der Waals surface area contributed by atoms with Crippen molar-refractivity contribution >= 4 is 11.9 Å². The first kappa shape index (κ1) is 17.5. The topological polar surface area (TPSA) is 119 Å². The number of hydrogen-bond donors (Lipinski definition) is 2. The number of carboxylic acids is 1. The van der Waals surface area contributed by atoms with Crippen LogP contribution in [-0.2, 0) is 6.54 Å². The van der Waals surface area contributed by atoms with Crippen molar-refractivity contribution < 1.29 is 9.90 Å². The van der Waals surface area contributed by atoms with Crippen LogP contribution in [0.4, 0.5) is 5.95 Å². The molecule has 9 nitrogen and oxygen atoms in total. The Hall–Kier alpha value is -3.36. The van der Waals surface area contributed by atoms with Crippen molar-refractivity contribution in [3.05, 3.63) is 47.8 Å². The molecule has 2 N–H and O–H groups in total. The van der Waals surface area contributed by atoms with Gasteiger partial charge in [0.1, 0.15) is 11.6 Å². The van der Waals surface area contributed by atoms with Crippen LogP contribution < -0.4 is 5.32 Å². The van der Waals surface area contributed by atoms with Gasteiger partial charge in [0.05, 0.1) is 17.0 Å². The van der Waals surface area contributed by atoms with Gasteiger partial charge in [-0.15, -0.1) is 0 Å². The molecular formula is C17H19N7O2. The summed E-state index contributed by atoms with van der Waals surface area (Å²) in [7, 11) is 0. The maximum absolute atomic E-state index is 11.1. The Morgan fingerprint density at radius 2 is 1.96 bits per heavy atom. The fourth-order valence-corrected chi connectivity index (χ4v) is 2.49. The lowest BCUT2D eigenvalue weighted by atomic mass is 10.2. The highest BCUT2D eigenvalue weighted by atomic mass is 16.4. The van der Waals surface area contributed by atoms with Crippen LogP contribution in [0.2, 0.25) is 0 Å². The zero-order valence-electron chi connectivity index (χ0n) is 14.5. The number of nitrogens with one attached hydrogen (secondary N) is 1. The predicted molar refractivity (Wildman–Crippen MR) is 94.8 cm³/mol. The predicted octanol–water partition coefficient (Wildman–Crippen LogP) is 1.95. The van der Waals surface area contributed by atoms with E-state index in [1.165, 1.54) is 18.3 Å². The third kappa shape index (κ3) is 4.18. The van der Waals surface area contributed by atoms with Crippen molar-refractivity contribution in [1.29, 1.82) is 0 Å². The van der Waals surface area contributed by atoms with Gasteiger partial charge < -0.3 is 10.4 Å². The van der Waals surface area contributed by atoms with Gasteiger partial charge in [-0.05, 0) is 38.5 Å². The van der Waals surface area contributed by atoms with E-state index in [9.17, 15) is 4.79 Å². The summed E-state index contributed by atoms with van der Waals surface area (Å²) in [5.74, 6) is 1.13. The monoisotopic (exact) mass is 353 g/mol. The van der Waals surface area contributed by atoms with E-state index in [0.717, 1.165) is 24.6 Å². The number of aromatic carboxylic acids is 1. The van der Waals surface area contributed by atoms with Crippen LogP contribution in [0.1, 0.15) is 28.4 Å². The molecule has 0 fully saturated rings. The standard InChI is InChI=1S/C17H19N7O2/c1-11-21-12(2)24(23-11)9-3-6-19-17-20-8-5-14(22-17)15-10-13(16(25)26)4-7-18-15/h4-5,7-8,10H,3,6,9H2,1-2H3,(H,25,26)(H,19,20,22). The quantitative estimate of drug-likeness (QED) is 0.619. The van der Waals surface area contributed by atoms with Gasteiger partial charge in [-0.1, -0.05) is 0 Å². The van der Waals surface area contributed by atoms with E-state index in [2.05, 4.69) is 30.4 Å². The fraction of sp³-hybridized carbons (Fsp3) is 0.294. The second-order valence-electron chi connectivity index (χ2n) is 5.71. The molecule has 0 bridgehead atoms. The summed E-state index contributed by atoms with van der Waals surface area (Å²) in [5, 5.41) is 16.6. The Bertz CT molecular complexity index is 923. The Kier molecular flexibility index (Phi) is 5.16. The molecule has 3 rings (SSSR count). The van der Waals surface area contributed by atoms with Gasteiger partial charge >= 0.3 is 5.97 Å². The summed E-state index contributed by atoms with van der Waals surface area (Å²) in [4.78, 5) is 28.1. The molecule has 0 saturated carbocycles. The van der Waals surface area contributed by atoms with Crippen LogP contribution in [0, 0.1) is 13.8 Å². The number of rotatable bonds is 7. The van der Waals surface area contributed by atoms with E-state index in [1.54, 1.807) is 12.3 Å². The number of anilines is 1. The lowest BCUT2D eigenvalue weighted by Gasteiger charge is -2.07. The minimum atomic E-state index is -1.00. The smallest absolute Gasteiger partial charge is 0.335 e. The lowest BCUT2D eigenvalue weighted by Crippen LogP contribution is -2.11. The van der Waals surface area contributed by atoms with E-state index in [4.69, 9.17) is 5.11 Å². The normalized spacial score (nSPS) is 10.7. The highest BCUT2D eigenvalue weighted by molar-refractivity contribution is 5.88. The van der Waals surface area contributed by atoms with Gasteiger partial charge in [-0.3, -0.25) is 9.67 Å². The van der Waals surface area contributed by atoms with Gasteiger partial charge in [0.2, 0.25) is 5.95 Å². The van der Waals surface area contributed by atoms with Crippen LogP contribution in [-0.4, -0.2) is 47.3 Å². The second-order valence-corrected chi connectivity index (χ2v) is 5.71. The van der Waals surface area contributed by atoms with E-state index in [0.29, 0.717) is 23.9 Å². The molecule has 0 unspecified atom stereocenters. The molecule has 0 aliphatic rings. The first-order chi connectivity index (χ1) is 12.5. The number of aromatic nitrogens is 6. The molecule has 3 heterocycles. The molecule has 0 spiro atoms. The zero-order chi connectivity index (χ0) is 18.5. The molecule has 0 aliphatic carbocycles. The largest absolute Gasteiger partial charge is 0.478 e. The van der Waals surface area contributed by atoms with Gasteiger partial charge in [0.25, 0.3) is 0 Å². The molecule has 3 aromatic heterocycles. The lowest BCUT2D eigenvalue weighted by molar-refractivity contribution is 0.0697.